The number of hydrogen-bond donors (Lipinski definition) is 0. The Balaban J connectivity index is 2.42. The molecule has 2 nitrogen and oxygen atoms in total. The summed E-state index contributed by atoms with van der Waals surface area (Å²) in [6.45, 7) is 0. The first-order chi connectivity index (χ1) is 9.70. The molecule has 0 saturated carbocycles. The normalized spacial score (nSPS) is 11.5. The number of alkyl halides is 3. The summed E-state index contributed by atoms with van der Waals surface area (Å²) in [4.78, 5) is 15.3. The van der Waals surface area contributed by atoms with Crippen LogP contribution in [0.5, 0.6) is 0 Å². The van der Waals surface area contributed by atoms with Gasteiger partial charge in [-0.05, 0) is 46.3 Å². The minimum atomic E-state index is -4.65. The maximum Gasteiger partial charge on any atom is 0.433 e. The Labute approximate surface area is 129 Å². The van der Waals surface area contributed by atoms with E-state index in [-0.39, 0.29) is 15.6 Å². The molecule has 2 aromatic rings. The lowest BCUT2D eigenvalue weighted by atomic mass is 10.0. The van der Waals surface area contributed by atoms with Gasteiger partial charge in [0, 0.05) is 5.56 Å². The van der Waals surface area contributed by atoms with Crippen molar-refractivity contribution < 1.29 is 22.4 Å². The van der Waals surface area contributed by atoms with E-state index in [0.717, 1.165) is 12.1 Å². The highest BCUT2D eigenvalue weighted by Gasteiger charge is 2.33. The molecule has 1 heterocycles. The third-order valence-corrected chi connectivity index (χ3v) is 3.46. The van der Waals surface area contributed by atoms with E-state index in [9.17, 15) is 22.4 Å². The molecule has 0 aliphatic rings. The van der Waals surface area contributed by atoms with E-state index in [4.69, 9.17) is 11.6 Å². The van der Waals surface area contributed by atoms with Gasteiger partial charge in [0.15, 0.2) is 5.78 Å². The standard InChI is InChI=1S/C13H5BrClF4NO/c14-8-5-6(1-3-9(8)16)11(21)7-2-4-10(13(17,18)19)20-12(7)15/h1-5H. The highest BCUT2D eigenvalue weighted by atomic mass is 79.9. The maximum absolute atomic E-state index is 13.1. The third kappa shape index (κ3) is 3.41. The predicted molar refractivity (Wildman–Crippen MR) is 71.8 cm³/mol. The second-order valence-corrected chi connectivity index (χ2v) is 5.20. The molecular formula is C13H5BrClF4NO. The third-order valence-electron chi connectivity index (χ3n) is 2.57. The molecule has 0 amide bonds. The smallest absolute Gasteiger partial charge is 0.288 e. The summed E-state index contributed by atoms with van der Waals surface area (Å²) in [5, 5.41) is -0.560. The summed E-state index contributed by atoms with van der Waals surface area (Å²) >= 11 is 8.55. The minimum Gasteiger partial charge on any atom is -0.288 e. The van der Waals surface area contributed by atoms with Gasteiger partial charge in [0.1, 0.15) is 16.7 Å². The molecule has 0 bridgehead atoms. The molecule has 2 rings (SSSR count). The zero-order chi connectivity index (χ0) is 15.8. The second kappa shape index (κ2) is 5.73. The fourth-order valence-electron chi connectivity index (χ4n) is 1.55. The maximum atomic E-state index is 13.1. The molecule has 0 spiro atoms. The number of halogens is 6. The van der Waals surface area contributed by atoms with E-state index in [0.29, 0.717) is 6.07 Å². The van der Waals surface area contributed by atoms with Crippen molar-refractivity contribution in [3.05, 3.63) is 62.6 Å². The summed E-state index contributed by atoms with van der Waals surface area (Å²) in [7, 11) is 0. The average molecular weight is 383 g/mol. The number of pyridine rings is 1. The molecule has 0 saturated heterocycles. The number of carbonyl (C=O) groups excluding carboxylic acids is 1. The van der Waals surface area contributed by atoms with Crippen molar-refractivity contribution >= 4 is 33.3 Å². The topological polar surface area (TPSA) is 30.0 Å². The summed E-state index contributed by atoms with van der Waals surface area (Å²) < 4.78 is 50.6. The molecule has 8 heteroatoms. The lowest BCUT2D eigenvalue weighted by Crippen LogP contribution is -2.11. The molecule has 110 valence electrons. The molecular weight excluding hydrogens is 377 g/mol. The molecule has 0 aliphatic heterocycles. The number of benzene rings is 1. The van der Waals surface area contributed by atoms with Crippen LogP contribution < -0.4 is 0 Å². The SMILES string of the molecule is O=C(c1ccc(F)c(Br)c1)c1ccc(C(F)(F)F)nc1Cl. The van der Waals surface area contributed by atoms with Crippen LogP contribution in [-0.2, 0) is 6.18 Å². The van der Waals surface area contributed by atoms with Crippen LogP contribution in [0, 0.1) is 5.82 Å². The van der Waals surface area contributed by atoms with Crippen LogP contribution in [0.15, 0.2) is 34.8 Å². The molecule has 1 aromatic carbocycles. The van der Waals surface area contributed by atoms with Crippen LogP contribution in [0.25, 0.3) is 0 Å². The van der Waals surface area contributed by atoms with Gasteiger partial charge in [-0.1, -0.05) is 11.6 Å². The summed E-state index contributed by atoms with van der Waals surface area (Å²) in [6.07, 6.45) is -4.65. The zero-order valence-corrected chi connectivity index (χ0v) is 12.4. The first-order valence-electron chi connectivity index (χ1n) is 5.43. The fourth-order valence-corrected chi connectivity index (χ4v) is 2.17. The molecule has 0 fully saturated rings. The van der Waals surface area contributed by atoms with E-state index in [1.54, 1.807) is 0 Å². The van der Waals surface area contributed by atoms with Crippen LogP contribution in [0.4, 0.5) is 17.6 Å². The lowest BCUT2D eigenvalue weighted by Gasteiger charge is -2.08. The Hall–Kier alpha value is -1.47. The summed E-state index contributed by atoms with van der Waals surface area (Å²) in [5.74, 6) is -1.22. The van der Waals surface area contributed by atoms with E-state index in [1.165, 1.54) is 12.1 Å². The van der Waals surface area contributed by atoms with Gasteiger partial charge in [-0.2, -0.15) is 13.2 Å². The van der Waals surface area contributed by atoms with Crippen molar-refractivity contribution in [1.29, 1.82) is 0 Å². The van der Waals surface area contributed by atoms with Crippen LogP contribution in [0.1, 0.15) is 21.6 Å². The van der Waals surface area contributed by atoms with Crippen molar-refractivity contribution in [2.45, 2.75) is 6.18 Å². The molecule has 1 aromatic heterocycles. The largest absolute Gasteiger partial charge is 0.433 e. The van der Waals surface area contributed by atoms with Gasteiger partial charge in [-0.25, -0.2) is 9.37 Å². The van der Waals surface area contributed by atoms with Gasteiger partial charge in [0.25, 0.3) is 0 Å². The Morgan fingerprint density at radius 2 is 1.86 bits per heavy atom. The monoisotopic (exact) mass is 381 g/mol. The van der Waals surface area contributed by atoms with Gasteiger partial charge in [-0.3, -0.25) is 4.79 Å². The Morgan fingerprint density at radius 3 is 2.38 bits per heavy atom. The van der Waals surface area contributed by atoms with Crippen molar-refractivity contribution in [3.63, 3.8) is 0 Å². The Kier molecular flexibility index (Phi) is 4.34. The molecule has 0 N–H and O–H groups in total. The van der Waals surface area contributed by atoms with Gasteiger partial charge in [0.2, 0.25) is 0 Å². The van der Waals surface area contributed by atoms with Gasteiger partial charge in [0.05, 0.1) is 10.0 Å². The molecule has 0 atom stereocenters. The van der Waals surface area contributed by atoms with Crippen LogP contribution >= 0.6 is 27.5 Å². The molecule has 0 radical (unpaired) electrons. The van der Waals surface area contributed by atoms with E-state index >= 15 is 0 Å². The van der Waals surface area contributed by atoms with Gasteiger partial charge >= 0.3 is 6.18 Å². The molecule has 0 aliphatic carbocycles. The minimum absolute atomic E-state index is 0.0596. The van der Waals surface area contributed by atoms with Crippen molar-refractivity contribution in [1.82, 2.24) is 4.98 Å². The Morgan fingerprint density at radius 1 is 1.19 bits per heavy atom. The fraction of sp³-hybridized carbons (Fsp3) is 0.0769. The van der Waals surface area contributed by atoms with Crippen LogP contribution in [0.3, 0.4) is 0 Å². The van der Waals surface area contributed by atoms with E-state index < -0.39 is 28.6 Å². The number of nitrogens with zero attached hydrogens (tertiary/aromatic N) is 1. The van der Waals surface area contributed by atoms with Crippen molar-refractivity contribution in [3.8, 4) is 0 Å². The number of carbonyl (C=O) groups is 1. The number of ketones is 1. The van der Waals surface area contributed by atoms with Gasteiger partial charge in [-0.15, -0.1) is 0 Å². The summed E-state index contributed by atoms with van der Waals surface area (Å²) in [5.41, 5.74) is -1.31. The first kappa shape index (κ1) is 15.9. The summed E-state index contributed by atoms with van der Waals surface area (Å²) in [6, 6.07) is 5.08. The lowest BCUT2D eigenvalue weighted by molar-refractivity contribution is -0.141. The number of rotatable bonds is 2. The van der Waals surface area contributed by atoms with Crippen molar-refractivity contribution in [2.24, 2.45) is 0 Å². The highest BCUT2D eigenvalue weighted by molar-refractivity contribution is 9.10. The molecule has 21 heavy (non-hydrogen) atoms. The first-order valence-corrected chi connectivity index (χ1v) is 6.60. The second-order valence-electron chi connectivity index (χ2n) is 3.99. The van der Waals surface area contributed by atoms with Crippen molar-refractivity contribution in [2.75, 3.05) is 0 Å². The van der Waals surface area contributed by atoms with Gasteiger partial charge < -0.3 is 0 Å². The van der Waals surface area contributed by atoms with E-state index in [2.05, 4.69) is 20.9 Å². The van der Waals surface area contributed by atoms with Crippen LogP contribution in [0.2, 0.25) is 5.15 Å². The molecule has 0 unspecified atom stereocenters. The Bertz CT molecular complexity index is 718. The highest BCUT2D eigenvalue weighted by Crippen LogP contribution is 2.30. The number of aromatic nitrogens is 1. The predicted octanol–water partition coefficient (Wildman–Crippen LogP) is 4.89. The van der Waals surface area contributed by atoms with E-state index in [1.807, 2.05) is 0 Å². The average Bonchev–Trinajstić information content (AvgIpc) is 2.40. The quantitative estimate of drug-likeness (QED) is 0.421. The number of hydrogen-bond acceptors (Lipinski definition) is 2. The zero-order valence-electron chi connectivity index (χ0n) is 10.0. The van der Waals surface area contributed by atoms with Crippen LogP contribution in [-0.4, -0.2) is 10.8 Å².